The lowest BCUT2D eigenvalue weighted by Gasteiger charge is -2.24. The van der Waals surface area contributed by atoms with E-state index >= 15 is 0 Å². The van der Waals surface area contributed by atoms with Crippen LogP contribution in [-0.4, -0.2) is 16.5 Å². The summed E-state index contributed by atoms with van der Waals surface area (Å²) < 4.78 is 38.9. The van der Waals surface area contributed by atoms with Gasteiger partial charge in [-0.05, 0) is 43.9 Å². The van der Waals surface area contributed by atoms with E-state index in [1.165, 1.54) is 17.8 Å². The van der Waals surface area contributed by atoms with Gasteiger partial charge in [-0.3, -0.25) is 0 Å². The first-order valence-electron chi connectivity index (χ1n) is 5.74. The smallest absolute Gasteiger partial charge is 0.390 e. The zero-order chi connectivity index (χ0) is 13.6. The normalized spacial score (nSPS) is 20.0. The van der Waals surface area contributed by atoms with Crippen LogP contribution in [0.4, 0.5) is 13.2 Å². The van der Waals surface area contributed by atoms with Crippen LogP contribution in [0.15, 0.2) is 23.1 Å². The molecule has 1 atom stereocenters. The Balaban J connectivity index is 2.42. The third-order valence-electron chi connectivity index (χ3n) is 2.97. The summed E-state index contributed by atoms with van der Waals surface area (Å²) in [6.07, 6.45) is -3.98. The van der Waals surface area contributed by atoms with Crippen LogP contribution in [0.2, 0.25) is 0 Å². The van der Waals surface area contributed by atoms with E-state index in [4.69, 9.17) is 0 Å². The van der Waals surface area contributed by atoms with Gasteiger partial charge < -0.3 is 5.11 Å². The van der Waals surface area contributed by atoms with Crippen molar-refractivity contribution in [2.45, 2.75) is 42.9 Å². The Kier molecular flexibility index (Phi) is 3.40. The average Bonchev–Trinajstić information content (AvgIpc) is 2.57. The largest absolute Gasteiger partial charge is 0.416 e. The van der Waals surface area contributed by atoms with E-state index < -0.39 is 17.3 Å². The van der Waals surface area contributed by atoms with E-state index in [0.29, 0.717) is 22.6 Å². The van der Waals surface area contributed by atoms with Crippen molar-refractivity contribution in [2.24, 2.45) is 0 Å². The van der Waals surface area contributed by atoms with Crippen LogP contribution in [0.5, 0.6) is 0 Å². The second-order valence-electron chi connectivity index (χ2n) is 5.24. The molecule has 5 heteroatoms. The van der Waals surface area contributed by atoms with Crippen LogP contribution in [0, 0.1) is 0 Å². The van der Waals surface area contributed by atoms with E-state index in [2.05, 4.69) is 0 Å². The number of thioether (sulfide) groups is 1. The van der Waals surface area contributed by atoms with Gasteiger partial charge in [-0.25, -0.2) is 0 Å². The van der Waals surface area contributed by atoms with E-state index in [9.17, 15) is 18.3 Å². The summed E-state index contributed by atoms with van der Waals surface area (Å²) in [5.74, 6) is 0.370. The Morgan fingerprint density at radius 3 is 2.56 bits per heavy atom. The van der Waals surface area contributed by atoms with Crippen LogP contribution < -0.4 is 0 Å². The molecule has 0 aromatic heterocycles. The van der Waals surface area contributed by atoms with Gasteiger partial charge >= 0.3 is 6.18 Å². The lowest BCUT2D eigenvalue weighted by Crippen LogP contribution is -2.23. The van der Waals surface area contributed by atoms with Gasteiger partial charge in [0.1, 0.15) is 0 Å². The number of benzene rings is 1. The van der Waals surface area contributed by atoms with Gasteiger partial charge in [0, 0.05) is 10.6 Å². The molecule has 0 radical (unpaired) electrons. The van der Waals surface area contributed by atoms with Gasteiger partial charge in [-0.1, -0.05) is 6.07 Å². The molecule has 1 nitrogen and oxygen atoms in total. The molecule has 1 aliphatic heterocycles. The zero-order valence-electron chi connectivity index (χ0n) is 10.2. The molecule has 0 spiro atoms. The number of aliphatic hydroxyl groups is 1. The molecule has 1 aromatic carbocycles. The Morgan fingerprint density at radius 2 is 2.00 bits per heavy atom. The van der Waals surface area contributed by atoms with Crippen LogP contribution in [0.3, 0.4) is 0 Å². The second-order valence-corrected chi connectivity index (χ2v) is 6.30. The Bertz CT molecular complexity index is 449. The van der Waals surface area contributed by atoms with Crippen molar-refractivity contribution in [1.29, 1.82) is 0 Å². The van der Waals surface area contributed by atoms with Gasteiger partial charge in [-0.15, -0.1) is 11.8 Å². The summed E-state index contributed by atoms with van der Waals surface area (Å²) in [5, 5.41) is 9.81. The van der Waals surface area contributed by atoms with Crippen LogP contribution >= 0.6 is 11.8 Å². The van der Waals surface area contributed by atoms with Crippen LogP contribution in [0.25, 0.3) is 0 Å². The summed E-state index contributed by atoms with van der Waals surface area (Å²) in [5.41, 5.74) is -1.15. The minimum absolute atomic E-state index is 0.233. The van der Waals surface area contributed by atoms with Gasteiger partial charge in [0.15, 0.2) is 0 Å². The van der Waals surface area contributed by atoms with Gasteiger partial charge in [-0.2, -0.15) is 13.2 Å². The minimum atomic E-state index is -4.33. The summed E-state index contributed by atoms with van der Waals surface area (Å²) in [4.78, 5) is 0.694. The lowest BCUT2D eigenvalue weighted by molar-refractivity contribution is -0.138. The molecular formula is C13H15F3OS. The molecule has 100 valence electrons. The molecule has 1 aliphatic rings. The molecule has 1 N–H and O–H groups in total. The first kappa shape index (κ1) is 13.7. The van der Waals surface area contributed by atoms with Gasteiger partial charge in [0.25, 0.3) is 0 Å². The van der Waals surface area contributed by atoms with Crippen LogP contribution in [0.1, 0.15) is 37.3 Å². The molecule has 2 rings (SSSR count). The standard InChI is InChI=1S/C13H15F3OS/c1-12(2,17)6-8-7-18-10-5-3-4-9(11(8)10)13(14,15)16/h3-5,8,17H,6-7H2,1-2H3. The second kappa shape index (κ2) is 4.46. The van der Waals surface area contributed by atoms with E-state index in [0.717, 1.165) is 6.07 Å². The molecule has 0 bridgehead atoms. The molecule has 1 aromatic rings. The Morgan fingerprint density at radius 1 is 1.33 bits per heavy atom. The molecule has 0 saturated carbocycles. The van der Waals surface area contributed by atoms with Crippen molar-refractivity contribution in [2.75, 3.05) is 5.75 Å². The maximum absolute atomic E-state index is 13.0. The Hall–Kier alpha value is -0.680. The average molecular weight is 276 g/mol. The zero-order valence-corrected chi connectivity index (χ0v) is 11.0. The topological polar surface area (TPSA) is 20.2 Å². The van der Waals surface area contributed by atoms with E-state index in [-0.39, 0.29) is 5.92 Å². The quantitative estimate of drug-likeness (QED) is 0.879. The fraction of sp³-hybridized carbons (Fsp3) is 0.538. The number of alkyl halides is 3. The highest BCUT2D eigenvalue weighted by atomic mass is 32.2. The number of halogens is 3. The van der Waals surface area contributed by atoms with Gasteiger partial charge in [0.2, 0.25) is 0 Å². The highest BCUT2D eigenvalue weighted by Gasteiger charge is 2.39. The summed E-state index contributed by atoms with van der Waals surface area (Å²) in [7, 11) is 0. The SMILES string of the molecule is CC(C)(O)CC1CSc2cccc(C(F)(F)F)c21. The maximum Gasteiger partial charge on any atom is 0.416 e. The number of hydrogen-bond acceptors (Lipinski definition) is 2. The summed E-state index contributed by atoms with van der Waals surface area (Å²) >= 11 is 1.44. The molecule has 1 unspecified atom stereocenters. The van der Waals surface area contributed by atoms with Crippen molar-refractivity contribution in [1.82, 2.24) is 0 Å². The van der Waals surface area contributed by atoms with Crippen molar-refractivity contribution in [3.05, 3.63) is 29.3 Å². The van der Waals surface area contributed by atoms with Crippen LogP contribution in [-0.2, 0) is 6.18 Å². The fourth-order valence-electron chi connectivity index (χ4n) is 2.38. The predicted octanol–water partition coefficient (Wildman–Crippen LogP) is 4.06. The van der Waals surface area contributed by atoms with Gasteiger partial charge in [0.05, 0.1) is 11.2 Å². The number of hydrogen-bond donors (Lipinski definition) is 1. The Labute approximate surface area is 108 Å². The molecule has 0 saturated heterocycles. The van der Waals surface area contributed by atoms with Crippen molar-refractivity contribution < 1.29 is 18.3 Å². The number of rotatable bonds is 2. The molecule has 0 fully saturated rings. The highest BCUT2D eigenvalue weighted by molar-refractivity contribution is 7.99. The molecule has 0 amide bonds. The van der Waals surface area contributed by atoms with E-state index in [1.54, 1.807) is 19.9 Å². The lowest BCUT2D eigenvalue weighted by atomic mass is 9.87. The monoisotopic (exact) mass is 276 g/mol. The maximum atomic E-state index is 13.0. The van der Waals surface area contributed by atoms with Crippen molar-refractivity contribution >= 4 is 11.8 Å². The highest BCUT2D eigenvalue weighted by Crippen LogP contribution is 2.48. The molecule has 1 heterocycles. The molecule has 0 aliphatic carbocycles. The number of fused-ring (bicyclic) bond motifs is 1. The first-order valence-corrected chi connectivity index (χ1v) is 6.72. The van der Waals surface area contributed by atoms with E-state index in [1.807, 2.05) is 0 Å². The minimum Gasteiger partial charge on any atom is -0.390 e. The summed E-state index contributed by atoms with van der Waals surface area (Å²) in [6, 6.07) is 4.29. The fourth-order valence-corrected chi connectivity index (χ4v) is 3.65. The van der Waals surface area contributed by atoms with Crippen molar-refractivity contribution in [3.63, 3.8) is 0 Å². The molecule has 18 heavy (non-hydrogen) atoms. The predicted molar refractivity (Wildman–Crippen MR) is 65.8 cm³/mol. The first-order chi connectivity index (χ1) is 8.18. The summed E-state index contributed by atoms with van der Waals surface area (Å²) in [6.45, 7) is 3.26. The molecular weight excluding hydrogens is 261 g/mol. The van der Waals surface area contributed by atoms with Crippen molar-refractivity contribution in [3.8, 4) is 0 Å². The third kappa shape index (κ3) is 2.83. The third-order valence-corrected chi connectivity index (χ3v) is 4.20.